The second-order valence-corrected chi connectivity index (χ2v) is 3.64. The minimum atomic E-state index is -0.404. The van der Waals surface area contributed by atoms with Crippen molar-refractivity contribution in [2.75, 3.05) is 12.0 Å². The number of nitrogens with one attached hydrogen (secondary N) is 1. The number of amides is 1. The molecule has 1 heterocycles. The first-order chi connectivity index (χ1) is 7.06. The molecule has 1 rings (SSSR count). The van der Waals surface area contributed by atoms with Gasteiger partial charge in [0.2, 0.25) is 0 Å². The molecule has 0 unspecified atom stereocenters. The molecule has 1 aromatic rings. The molecular weight excluding hydrogens is 192 g/mol. The second kappa shape index (κ2) is 4.87. The van der Waals surface area contributed by atoms with E-state index in [4.69, 9.17) is 4.74 Å². The first-order valence-corrected chi connectivity index (χ1v) is 5.15. The van der Waals surface area contributed by atoms with Gasteiger partial charge in [-0.1, -0.05) is 6.92 Å². The van der Waals surface area contributed by atoms with Crippen LogP contribution in [0.15, 0.2) is 6.07 Å². The normalized spacial score (nSPS) is 10.1. The lowest BCUT2D eigenvalue weighted by atomic mass is 10.3. The molecule has 0 aromatic carbocycles. The van der Waals surface area contributed by atoms with Crippen molar-refractivity contribution < 1.29 is 9.53 Å². The van der Waals surface area contributed by atoms with Gasteiger partial charge in [0, 0.05) is 11.4 Å². The fraction of sp³-hybridized carbons (Fsp3) is 0.545. The Morgan fingerprint density at radius 2 is 2.13 bits per heavy atom. The third-order valence-electron chi connectivity index (χ3n) is 2.32. The van der Waals surface area contributed by atoms with E-state index in [1.165, 1.54) is 0 Å². The van der Waals surface area contributed by atoms with Gasteiger partial charge in [-0.25, -0.2) is 10.2 Å². The molecule has 1 N–H and O–H groups in total. The fourth-order valence-electron chi connectivity index (χ4n) is 1.41. The highest BCUT2D eigenvalue weighted by molar-refractivity contribution is 5.76. The molecule has 0 saturated carbocycles. The van der Waals surface area contributed by atoms with Gasteiger partial charge in [0.1, 0.15) is 0 Å². The topological polar surface area (TPSA) is 43.3 Å². The highest BCUT2D eigenvalue weighted by Crippen LogP contribution is 2.11. The van der Waals surface area contributed by atoms with Crippen molar-refractivity contribution in [2.24, 2.45) is 0 Å². The summed E-state index contributed by atoms with van der Waals surface area (Å²) in [5.74, 6) is 0. The Kier molecular flexibility index (Phi) is 3.77. The zero-order valence-electron chi connectivity index (χ0n) is 9.76. The zero-order valence-corrected chi connectivity index (χ0v) is 9.76. The third kappa shape index (κ3) is 2.75. The van der Waals surface area contributed by atoms with E-state index in [1.807, 2.05) is 33.8 Å². The first kappa shape index (κ1) is 11.6. The monoisotopic (exact) mass is 210 g/mol. The summed E-state index contributed by atoms with van der Waals surface area (Å²) in [7, 11) is 0. The standard InChI is InChI=1S/C11H18N2O2/c1-5-6-15-11(14)12-13-9(3)7-8(2)10(13)4/h7H,5-6H2,1-4H3,(H,12,14). The summed E-state index contributed by atoms with van der Waals surface area (Å²) in [6, 6.07) is 2.02. The average molecular weight is 210 g/mol. The van der Waals surface area contributed by atoms with Gasteiger partial charge in [0.05, 0.1) is 6.61 Å². The van der Waals surface area contributed by atoms with Crippen molar-refractivity contribution in [1.29, 1.82) is 0 Å². The van der Waals surface area contributed by atoms with Crippen LogP contribution in [0, 0.1) is 20.8 Å². The number of carbonyl (C=O) groups excluding carboxylic acids is 1. The van der Waals surface area contributed by atoms with Gasteiger partial charge in [-0.2, -0.15) is 0 Å². The summed E-state index contributed by atoms with van der Waals surface area (Å²) in [6.07, 6.45) is 0.425. The van der Waals surface area contributed by atoms with Crippen LogP contribution in [0.4, 0.5) is 4.79 Å². The van der Waals surface area contributed by atoms with Crippen molar-refractivity contribution in [2.45, 2.75) is 34.1 Å². The molecule has 4 nitrogen and oxygen atoms in total. The molecule has 4 heteroatoms. The SMILES string of the molecule is CCCOC(=O)Nn1c(C)cc(C)c1C. The molecule has 0 radical (unpaired) electrons. The van der Waals surface area contributed by atoms with E-state index < -0.39 is 6.09 Å². The van der Waals surface area contributed by atoms with E-state index in [-0.39, 0.29) is 0 Å². The maximum Gasteiger partial charge on any atom is 0.426 e. The van der Waals surface area contributed by atoms with Crippen LogP contribution in [-0.4, -0.2) is 17.4 Å². The zero-order chi connectivity index (χ0) is 11.4. The molecule has 1 amide bonds. The predicted octanol–water partition coefficient (Wildman–Crippen LogP) is 2.50. The Labute approximate surface area is 90.2 Å². The van der Waals surface area contributed by atoms with Gasteiger partial charge in [0.15, 0.2) is 0 Å². The van der Waals surface area contributed by atoms with Crippen molar-refractivity contribution >= 4 is 6.09 Å². The molecule has 0 saturated heterocycles. The predicted molar refractivity (Wildman–Crippen MR) is 59.6 cm³/mol. The van der Waals surface area contributed by atoms with Crippen molar-refractivity contribution in [3.63, 3.8) is 0 Å². The minimum absolute atomic E-state index is 0.404. The van der Waals surface area contributed by atoms with Crippen molar-refractivity contribution in [1.82, 2.24) is 4.68 Å². The number of rotatable bonds is 3. The summed E-state index contributed by atoms with van der Waals surface area (Å²) in [6.45, 7) is 8.33. The number of hydrogen-bond acceptors (Lipinski definition) is 2. The van der Waals surface area contributed by atoms with Crippen molar-refractivity contribution in [3.8, 4) is 0 Å². The lowest BCUT2D eigenvalue weighted by Gasteiger charge is -2.11. The highest BCUT2D eigenvalue weighted by Gasteiger charge is 2.08. The van der Waals surface area contributed by atoms with E-state index in [0.717, 1.165) is 23.4 Å². The number of hydrogen-bond donors (Lipinski definition) is 1. The summed E-state index contributed by atoms with van der Waals surface area (Å²) >= 11 is 0. The van der Waals surface area contributed by atoms with Crippen LogP contribution in [-0.2, 0) is 4.74 Å². The maximum atomic E-state index is 11.3. The summed E-state index contributed by atoms with van der Waals surface area (Å²) < 4.78 is 6.69. The number of aryl methyl sites for hydroxylation is 2. The smallest absolute Gasteiger partial charge is 0.426 e. The van der Waals surface area contributed by atoms with E-state index in [9.17, 15) is 4.79 Å². The van der Waals surface area contributed by atoms with Gasteiger partial charge in [-0.3, -0.25) is 4.68 Å². The van der Waals surface area contributed by atoms with Crippen LogP contribution in [0.25, 0.3) is 0 Å². The summed E-state index contributed by atoms with van der Waals surface area (Å²) in [5, 5.41) is 0. The number of aromatic nitrogens is 1. The first-order valence-electron chi connectivity index (χ1n) is 5.15. The van der Waals surface area contributed by atoms with E-state index in [2.05, 4.69) is 5.43 Å². The van der Waals surface area contributed by atoms with E-state index in [1.54, 1.807) is 4.68 Å². The number of ether oxygens (including phenoxy) is 1. The fourth-order valence-corrected chi connectivity index (χ4v) is 1.41. The average Bonchev–Trinajstić information content (AvgIpc) is 2.42. The molecule has 0 aliphatic heterocycles. The third-order valence-corrected chi connectivity index (χ3v) is 2.32. The Morgan fingerprint density at radius 3 is 2.60 bits per heavy atom. The second-order valence-electron chi connectivity index (χ2n) is 3.64. The molecule has 0 fully saturated rings. The highest BCUT2D eigenvalue weighted by atomic mass is 16.6. The van der Waals surface area contributed by atoms with Crippen molar-refractivity contribution in [3.05, 3.63) is 23.0 Å². The Hall–Kier alpha value is -1.45. The molecule has 0 atom stereocenters. The van der Waals surface area contributed by atoms with Crippen LogP contribution < -0.4 is 5.43 Å². The molecule has 0 aliphatic carbocycles. The molecule has 0 spiro atoms. The molecule has 84 valence electrons. The summed E-state index contributed by atoms with van der Waals surface area (Å²) in [4.78, 5) is 11.3. The lowest BCUT2D eigenvalue weighted by molar-refractivity contribution is 0.158. The molecule has 15 heavy (non-hydrogen) atoms. The number of nitrogens with zero attached hydrogens (tertiary/aromatic N) is 1. The Morgan fingerprint density at radius 1 is 1.47 bits per heavy atom. The molecule has 1 aromatic heterocycles. The lowest BCUT2D eigenvalue weighted by Crippen LogP contribution is -2.25. The van der Waals surface area contributed by atoms with Gasteiger partial charge in [0.25, 0.3) is 0 Å². The Balaban J connectivity index is 2.68. The largest absolute Gasteiger partial charge is 0.448 e. The van der Waals surface area contributed by atoms with Crippen LogP contribution in [0.3, 0.4) is 0 Å². The minimum Gasteiger partial charge on any atom is -0.448 e. The quantitative estimate of drug-likeness (QED) is 0.833. The maximum absolute atomic E-state index is 11.3. The van der Waals surface area contributed by atoms with Crippen LogP contribution in [0.5, 0.6) is 0 Å². The van der Waals surface area contributed by atoms with Gasteiger partial charge >= 0.3 is 6.09 Å². The Bertz CT molecular complexity index is 356. The van der Waals surface area contributed by atoms with Gasteiger partial charge < -0.3 is 4.74 Å². The van der Waals surface area contributed by atoms with Crippen LogP contribution in [0.1, 0.15) is 30.3 Å². The molecule has 0 bridgehead atoms. The van der Waals surface area contributed by atoms with Crippen LogP contribution >= 0.6 is 0 Å². The van der Waals surface area contributed by atoms with Crippen LogP contribution in [0.2, 0.25) is 0 Å². The number of carbonyl (C=O) groups is 1. The van der Waals surface area contributed by atoms with Gasteiger partial charge in [-0.05, 0) is 38.8 Å². The van der Waals surface area contributed by atoms with Gasteiger partial charge in [-0.15, -0.1) is 0 Å². The van der Waals surface area contributed by atoms with E-state index in [0.29, 0.717) is 6.61 Å². The molecule has 0 aliphatic rings. The molecular formula is C11H18N2O2. The van der Waals surface area contributed by atoms with E-state index >= 15 is 0 Å². The summed E-state index contributed by atoms with van der Waals surface area (Å²) in [5.41, 5.74) is 5.87.